The second kappa shape index (κ2) is 3.36. The molecule has 0 aliphatic carbocycles. The lowest BCUT2D eigenvalue weighted by molar-refractivity contribution is -0.136. The predicted octanol–water partition coefficient (Wildman–Crippen LogP) is 0.0504. The summed E-state index contributed by atoms with van der Waals surface area (Å²) in [6.07, 6.45) is 0.800. The lowest BCUT2D eigenvalue weighted by Gasteiger charge is -1.94. The molecule has 0 spiro atoms. The fraction of sp³-hybridized carbons (Fsp3) is 0.167. The van der Waals surface area contributed by atoms with E-state index in [4.69, 9.17) is 16.7 Å². The molecule has 0 aliphatic rings. The highest BCUT2D eigenvalue weighted by Crippen LogP contribution is 1.95. The van der Waals surface area contributed by atoms with Crippen molar-refractivity contribution in [1.29, 1.82) is 0 Å². The van der Waals surface area contributed by atoms with Gasteiger partial charge in [-0.3, -0.25) is 14.6 Å². The zero-order valence-corrected chi connectivity index (χ0v) is 6.63. The molecule has 12 heavy (non-hydrogen) atoms. The first-order chi connectivity index (χ1) is 5.59. The molecule has 1 rings (SSSR count). The molecule has 0 aromatic carbocycles. The maximum Gasteiger partial charge on any atom is 0.308 e. The number of aliphatic carboxylic acids is 1. The van der Waals surface area contributed by atoms with Gasteiger partial charge in [0.2, 0.25) is 5.28 Å². The highest BCUT2D eigenvalue weighted by atomic mass is 35.5. The van der Waals surface area contributed by atoms with Crippen molar-refractivity contribution in [3.63, 3.8) is 0 Å². The van der Waals surface area contributed by atoms with Crippen molar-refractivity contribution >= 4 is 17.6 Å². The van der Waals surface area contributed by atoms with Crippen LogP contribution in [0, 0.1) is 0 Å². The van der Waals surface area contributed by atoms with Gasteiger partial charge in [-0.2, -0.15) is 0 Å². The number of rotatable bonds is 2. The maximum atomic E-state index is 10.9. The third-order valence-corrected chi connectivity index (χ3v) is 1.38. The zero-order chi connectivity index (χ0) is 9.14. The summed E-state index contributed by atoms with van der Waals surface area (Å²) in [7, 11) is 0. The van der Waals surface area contributed by atoms with E-state index in [1.807, 2.05) is 0 Å². The lowest BCUT2D eigenvalue weighted by Crippen LogP contribution is -2.16. The van der Waals surface area contributed by atoms with E-state index in [9.17, 15) is 9.59 Å². The van der Waals surface area contributed by atoms with E-state index in [-0.39, 0.29) is 17.3 Å². The first kappa shape index (κ1) is 8.73. The summed E-state index contributed by atoms with van der Waals surface area (Å²) in [4.78, 5) is 26.8. The summed E-state index contributed by atoms with van der Waals surface area (Å²) in [6.45, 7) is 0. The molecule has 0 saturated heterocycles. The molecule has 0 bridgehead atoms. The fourth-order valence-corrected chi connectivity index (χ4v) is 0.823. The summed E-state index contributed by atoms with van der Waals surface area (Å²) in [5.74, 6) is -1.08. The van der Waals surface area contributed by atoms with Gasteiger partial charge in [-0.25, -0.2) is 4.98 Å². The van der Waals surface area contributed by atoms with E-state index in [0.29, 0.717) is 0 Å². The van der Waals surface area contributed by atoms with E-state index < -0.39 is 11.5 Å². The SMILES string of the molecule is O=C(O)Cc1cnc(Cl)[nH]c1=O. The average Bonchev–Trinajstić information content (AvgIpc) is 1.94. The van der Waals surface area contributed by atoms with Crippen molar-refractivity contribution in [1.82, 2.24) is 9.97 Å². The van der Waals surface area contributed by atoms with Crippen LogP contribution in [0.5, 0.6) is 0 Å². The number of hydrogen-bond donors (Lipinski definition) is 2. The minimum Gasteiger partial charge on any atom is -0.481 e. The Kier molecular flexibility index (Phi) is 2.44. The second-order valence-corrected chi connectivity index (χ2v) is 2.46. The van der Waals surface area contributed by atoms with E-state index in [1.54, 1.807) is 0 Å². The van der Waals surface area contributed by atoms with Gasteiger partial charge in [0, 0.05) is 11.8 Å². The summed E-state index contributed by atoms with van der Waals surface area (Å²) >= 11 is 5.34. The molecule has 6 heteroatoms. The summed E-state index contributed by atoms with van der Waals surface area (Å²) in [5, 5.41) is 8.30. The zero-order valence-electron chi connectivity index (χ0n) is 5.87. The minimum atomic E-state index is -1.08. The van der Waals surface area contributed by atoms with Crippen LogP contribution < -0.4 is 5.56 Å². The van der Waals surface area contributed by atoms with E-state index in [2.05, 4.69) is 9.97 Å². The molecular formula is C6H5ClN2O3. The Morgan fingerprint density at radius 2 is 2.42 bits per heavy atom. The Balaban J connectivity index is 3.02. The van der Waals surface area contributed by atoms with E-state index in [1.165, 1.54) is 0 Å². The molecule has 0 atom stereocenters. The minimum absolute atomic E-state index is 0.0471. The number of carbonyl (C=O) groups is 1. The smallest absolute Gasteiger partial charge is 0.308 e. The topological polar surface area (TPSA) is 83.0 Å². The highest BCUT2D eigenvalue weighted by Gasteiger charge is 2.05. The number of nitrogens with zero attached hydrogens (tertiary/aromatic N) is 1. The number of H-pyrrole nitrogens is 1. The quantitative estimate of drug-likeness (QED) is 0.643. The molecular weight excluding hydrogens is 184 g/mol. The molecule has 0 fully saturated rings. The summed E-state index contributed by atoms with van der Waals surface area (Å²) in [6, 6.07) is 0. The van der Waals surface area contributed by atoms with Crippen LogP contribution in [0.3, 0.4) is 0 Å². The number of hydrogen-bond acceptors (Lipinski definition) is 3. The number of aromatic nitrogens is 2. The molecule has 5 nitrogen and oxygen atoms in total. The van der Waals surface area contributed by atoms with Gasteiger partial charge < -0.3 is 5.11 Å². The first-order valence-corrected chi connectivity index (χ1v) is 3.43. The third kappa shape index (κ3) is 2.06. The Morgan fingerprint density at radius 1 is 1.75 bits per heavy atom. The van der Waals surface area contributed by atoms with Gasteiger partial charge in [0.15, 0.2) is 0 Å². The van der Waals surface area contributed by atoms with Crippen LogP contribution in [-0.4, -0.2) is 21.0 Å². The normalized spacial score (nSPS) is 9.75. The number of nitrogens with one attached hydrogen (secondary N) is 1. The van der Waals surface area contributed by atoms with Crippen molar-refractivity contribution < 1.29 is 9.90 Å². The second-order valence-electron chi connectivity index (χ2n) is 2.10. The molecule has 0 radical (unpaired) electrons. The Hall–Kier alpha value is -1.36. The number of aromatic amines is 1. The van der Waals surface area contributed by atoms with Gasteiger partial charge in [0.05, 0.1) is 6.42 Å². The Labute approximate surface area is 72.0 Å². The van der Waals surface area contributed by atoms with Crippen molar-refractivity contribution in [2.75, 3.05) is 0 Å². The average molecular weight is 189 g/mol. The Morgan fingerprint density at radius 3 is 2.92 bits per heavy atom. The molecule has 1 aromatic rings. The van der Waals surface area contributed by atoms with Crippen molar-refractivity contribution in [2.45, 2.75) is 6.42 Å². The first-order valence-electron chi connectivity index (χ1n) is 3.05. The van der Waals surface area contributed by atoms with E-state index in [0.717, 1.165) is 6.20 Å². The standard InChI is InChI=1S/C6H5ClN2O3/c7-6-8-2-3(1-4(10)11)5(12)9-6/h2H,1H2,(H,10,11)(H,8,9,12). The molecule has 0 aliphatic heterocycles. The largest absolute Gasteiger partial charge is 0.481 e. The van der Waals surface area contributed by atoms with Gasteiger partial charge in [0.25, 0.3) is 5.56 Å². The third-order valence-electron chi connectivity index (χ3n) is 1.18. The van der Waals surface area contributed by atoms with Crippen LogP contribution in [0.25, 0.3) is 0 Å². The van der Waals surface area contributed by atoms with Gasteiger partial charge in [-0.15, -0.1) is 0 Å². The van der Waals surface area contributed by atoms with Crippen LogP contribution in [0.2, 0.25) is 5.28 Å². The number of carboxylic acids is 1. The molecule has 64 valence electrons. The number of carboxylic acid groups (broad SMARTS) is 1. The lowest BCUT2D eigenvalue weighted by atomic mass is 10.2. The van der Waals surface area contributed by atoms with Crippen LogP contribution in [-0.2, 0) is 11.2 Å². The molecule has 0 saturated carbocycles. The van der Waals surface area contributed by atoms with Crippen LogP contribution in [0.15, 0.2) is 11.0 Å². The fourth-order valence-electron chi connectivity index (χ4n) is 0.688. The van der Waals surface area contributed by atoms with Crippen LogP contribution >= 0.6 is 11.6 Å². The summed E-state index contributed by atoms with van der Waals surface area (Å²) in [5.41, 5.74) is -0.427. The summed E-state index contributed by atoms with van der Waals surface area (Å²) < 4.78 is 0. The van der Waals surface area contributed by atoms with Gasteiger partial charge in [-0.05, 0) is 11.6 Å². The number of halogens is 1. The molecule has 2 N–H and O–H groups in total. The van der Waals surface area contributed by atoms with Gasteiger partial charge in [0.1, 0.15) is 0 Å². The van der Waals surface area contributed by atoms with Gasteiger partial charge in [-0.1, -0.05) is 0 Å². The molecule has 1 heterocycles. The van der Waals surface area contributed by atoms with Gasteiger partial charge >= 0.3 is 5.97 Å². The highest BCUT2D eigenvalue weighted by molar-refractivity contribution is 6.28. The monoisotopic (exact) mass is 188 g/mol. The Bertz CT molecular complexity index is 360. The van der Waals surface area contributed by atoms with Crippen LogP contribution in [0.1, 0.15) is 5.56 Å². The van der Waals surface area contributed by atoms with Crippen molar-refractivity contribution in [3.05, 3.63) is 27.4 Å². The molecule has 0 unspecified atom stereocenters. The van der Waals surface area contributed by atoms with Crippen LogP contribution in [0.4, 0.5) is 0 Å². The van der Waals surface area contributed by atoms with Crippen molar-refractivity contribution in [3.8, 4) is 0 Å². The maximum absolute atomic E-state index is 10.9. The molecule has 0 amide bonds. The van der Waals surface area contributed by atoms with Crippen molar-refractivity contribution in [2.24, 2.45) is 0 Å². The predicted molar refractivity (Wildman–Crippen MR) is 41.2 cm³/mol. The molecule has 1 aromatic heterocycles. The van der Waals surface area contributed by atoms with E-state index >= 15 is 0 Å².